The summed E-state index contributed by atoms with van der Waals surface area (Å²) in [4.78, 5) is 12.3. The average molecular weight is 170 g/mol. The van der Waals surface area contributed by atoms with Crippen LogP contribution in [0.5, 0.6) is 0 Å². The minimum atomic E-state index is -0.767. The molecule has 0 aliphatic carbocycles. The Morgan fingerprint density at radius 2 is 2.33 bits per heavy atom. The Labute approximate surface area is 71.5 Å². The molecule has 2 fully saturated rings. The van der Waals surface area contributed by atoms with Crippen molar-refractivity contribution in [2.45, 2.75) is 13.0 Å². The van der Waals surface area contributed by atoms with Gasteiger partial charge in [-0.3, -0.25) is 0 Å². The molecule has 1 amide bonds. The zero-order valence-electron chi connectivity index (χ0n) is 7.16. The summed E-state index contributed by atoms with van der Waals surface area (Å²) in [6.45, 7) is 4.69. The normalized spacial score (nSPS) is 40.1. The van der Waals surface area contributed by atoms with Crippen LogP contribution in [0.1, 0.15) is 6.92 Å². The van der Waals surface area contributed by atoms with E-state index in [-0.39, 0.29) is 6.04 Å². The lowest BCUT2D eigenvalue weighted by Crippen LogP contribution is -2.36. The highest BCUT2D eigenvalue weighted by Gasteiger charge is 2.43. The quantitative estimate of drug-likeness (QED) is 0.546. The monoisotopic (exact) mass is 170 g/mol. The molecule has 0 aromatic rings. The van der Waals surface area contributed by atoms with Gasteiger partial charge in [-0.15, -0.1) is 0 Å². The van der Waals surface area contributed by atoms with Crippen LogP contribution in [0.2, 0.25) is 0 Å². The van der Waals surface area contributed by atoms with E-state index in [2.05, 4.69) is 5.32 Å². The van der Waals surface area contributed by atoms with Gasteiger partial charge >= 0.3 is 6.09 Å². The van der Waals surface area contributed by atoms with Gasteiger partial charge in [0.15, 0.2) is 0 Å². The van der Waals surface area contributed by atoms with Crippen LogP contribution in [0.3, 0.4) is 0 Å². The molecule has 2 aliphatic heterocycles. The molecular weight excluding hydrogens is 156 g/mol. The predicted octanol–water partition coefficient (Wildman–Crippen LogP) is 0.204. The second-order valence-corrected chi connectivity index (χ2v) is 3.76. The van der Waals surface area contributed by atoms with Crippen molar-refractivity contribution in [3.8, 4) is 0 Å². The number of fused-ring (bicyclic) bond motifs is 1. The second kappa shape index (κ2) is 2.62. The minimum absolute atomic E-state index is 0.197. The van der Waals surface area contributed by atoms with Crippen molar-refractivity contribution in [3.63, 3.8) is 0 Å². The SMILES string of the molecule is CC1[C@H]2CNC[C@H]2CN1C(=O)O. The Morgan fingerprint density at radius 1 is 1.58 bits per heavy atom. The molecule has 0 radical (unpaired) electrons. The summed E-state index contributed by atoms with van der Waals surface area (Å²) in [5.41, 5.74) is 0. The van der Waals surface area contributed by atoms with Crippen LogP contribution in [0.15, 0.2) is 0 Å². The summed E-state index contributed by atoms with van der Waals surface area (Å²) in [6, 6.07) is 0.197. The zero-order chi connectivity index (χ0) is 8.72. The first-order valence-electron chi connectivity index (χ1n) is 4.40. The van der Waals surface area contributed by atoms with E-state index in [0.29, 0.717) is 18.4 Å². The van der Waals surface area contributed by atoms with Gasteiger partial charge in [0.25, 0.3) is 0 Å². The van der Waals surface area contributed by atoms with Gasteiger partial charge < -0.3 is 15.3 Å². The first-order chi connectivity index (χ1) is 5.70. The number of hydrogen-bond donors (Lipinski definition) is 2. The first kappa shape index (κ1) is 7.86. The van der Waals surface area contributed by atoms with Crippen molar-refractivity contribution in [1.29, 1.82) is 0 Å². The third-order valence-electron chi connectivity index (χ3n) is 3.18. The molecule has 0 spiro atoms. The van der Waals surface area contributed by atoms with E-state index in [1.165, 1.54) is 0 Å². The number of carboxylic acid groups (broad SMARTS) is 1. The number of likely N-dealkylation sites (tertiary alicyclic amines) is 1. The van der Waals surface area contributed by atoms with Gasteiger partial charge in [0.1, 0.15) is 0 Å². The zero-order valence-corrected chi connectivity index (χ0v) is 7.16. The van der Waals surface area contributed by atoms with Crippen LogP contribution in [0, 0.1) is 11.8 Å². The third kappa shape index (κ3) is 0.982. The largest absolute Gasteiger partial charge is 0.465 e. The number of nitrogens with one attached hydrogen (secondary N) is 1. The van der Waals surface area contributed by atoms with Gasteiger partial charge in [-0.05, 0) is 18.8 Å². The summed E-state index contributed by atoms with van der Waals surface area (Å²) in [5.74, 6) is 1.09. The van der Waals surface area contributed by atoms with E-state index in [1.54, 1.807) is 4.90 Å². The molecule has 68 valence electrons. The van der Waals surface area contributed by atoms with E-state index in [0.717, 1.165) is 13.1 Å². The van der Waals surface area contributed by atoms with Crippen LogP contribution < -0.4 is 5.32 Å². The Balaban J connectivity index is 2.10. The highest BCUT2D eigenvalue weighted by atomic mass is 16.4. The Bertz CT molecular complexity index is 207. The lowest BCUT2D eigenvalue weighted by Gasteiger charge is -2.20. The van der Waals surface area contributed by atoms with Crippen molar-refractivity contribution < 1.29 is 9.90 Å². The van der Waals surface area contributed by atoms with Crippen LogP contribution in [-0.4, -0.2) is 41.8 Å². The molecule has 2 N–H and O–H groups in total. The molecule has 2 saturated heterocycles. The summed E-state index contributed by atoms with van der Waals surface area (Å²) < 4.78 is 0. The van der Waals surface area contributed by atoms with Crippen LogP contribution in [0.4, 0.5) is 4.79 Å². The highest BCUT2D eigenvalue weighted by Crippen LogP contribution is 2.31. The Hall–Kier alpha value is -0.770. The predicted molar refractivity (Wildman–Crippen MR) is 44.0 cm³/mol. The van der Waals surface area contributed by atoms with Crippen molar-refractivity contribution >= 4 is 6.09 Å². The molecule has 2 rings (SSSR count). The molecule has 0 aromatic heterocycles. The molecule has 12 heavy (non-hydrogen) atoms. The van der Waals surface area contributed by atoms with Gasteiger partial charge in [0, 0.05) is 25.7 Å². The first-order valence-corrected chi connectivity index (χ1v) is 4.40. The third-order valence-corrected chi connectivity index (χ3v) is 3.18. The van der Waals surface area contributed by atoms with E-state index < -0.39 is 6.09 Å². The van der Waals surface area contributed by atoms with Crippen LogP contribution in [0.25, 0.3) is 0 Å². The minimum Gasteiger partial charge on any atom is -0.465 e. The van der Waals surface area contributed by atoms with Gasteiger partial charge in [-0.2, -0.15) is 0 Å². The Kier molecular flexibility index (Phi) is 1.72. The van der Waals surface area contributed by atoms with Crippen molar-refractivity contribution in [3.05, 3.63) is 0 Å². The maximum absolute atomic E-state index is 10.7. The molecule has 3 atom stereocenters. The fourth-order valence-electron chi connectivity index (χ4n) is 2.42. The van der Waals surface area contributed by atoms with E-state index in [1.807, 2.05) is 6.92 Å². The Morgan fingerprint density at radius 3 is 2.92 bits per heavy atom. The van der Waals surface area contributed by atoms with E-state index >= 15 is 0 Å². The van der Waals surface area contributed by atoms with Crippen LogP contribution in [-0.2, 0) is 0 Å². The van der Waals surface area contributed by atoms with Crippen molar-refractivity contribution in [2.24, 2.45) is 11.8 Å². The summed E-state index contributed by atoms with van der Waals surface area (Å²) in [7, 11) is 0. The fourth-order valence-corrected chi connectivity index (χ4v) is 2.42. The van der Waals surface area contributed by atoms with Crippen molar-refractivity contribution in [2.75, 3.05) is 19.6 Å². The molecule has 2 aliphatic rings. The maximum atomic E-state index is 10.7. The van der Waals surface area contributed by atoms with Gasteiger partial charge in [-0.1, -0.05) is 0 Å². The van der Waals surface area contributed by atoms with Crippen molar-refractivity contribution in [1.82, 2.24) is 10.2 Å². The van der Waals surface area contributed by atoms with Gasteiger partial charge in [0.05, 0.1) is 0 Å². The topological polar surface area (TPSA) is 52.6 Å². The molecule has 0 bridgehead atoms. The number of carbonyl (C=O) groups is 1. The molecule has 2 heterocycles. The number of nitrogens with zero attached hydrogens (tertiary/aromatic N) is 1. The smallest absolute Gasteiger partial charge is 0.407 e. The highest BCUT2D eigenvalue weighted by molar-refractivity contribution is 5.66. The van der Waals surface area contributed by atoms with E-state index in [4.69, 9.17) is 5.11 Å². The molecule has 4 heteroatoms. The molecule has 1 unspecified atom stereocenters. The molecule has 4 nitrogen and oxygen atoms in total. The summed E-state index contributed by atoms with van der Waals surface area (Å²) in [6.07, 6.45) is -0.767. The second-order valence-electron chi connectivity index (χ2n) is 3.76. The maximum Gasteiger partial charge on any atom is 0.407 e. The fraction of sp³-hybridized carbons (Fsp3) is 0.875. The van der Waals surface area contributed by atoms with Gasteiger partial charge in [-0.25, -0.2) is 4.79 Å². The lowest BCUT2D eigenvalue weighted by atomic mass is 9.95. The summed E-state index contributed by atoms with van der Waals surface area (Å²) >= 11 is 0. The molecule has 0 saturated carbocycles. The number of rotatable bonds is 0. The number of amides is 1. The molecule has 0 aromatic carbocycles. The van der Waals surface area contributed by atoms with Crippen LogP contribution >= 0.6 is 0 Å². The van der Waals surface area contributed by atoms with E-state index in [9.17, 15) is 4.79 Å². The number of hydrogen-bond acceptors (Lipinski definition) is 2. The summed E-state index contributed by atoms with van der Waals surface area (Å²) in [5, 5.41) is 12.1. The average Bonchev–Trinajstić information content (AvgIpc) is 2.53. The standard InChI is InChI=1S/C8H14N2O2/c1-5-7-3-9-2-6(7)4-10(5)8(11)12/h5-7,9H,2-4H2,1H3,(H,11,12)/t5?,6-,7+/m0/s1. The molecular formula is C8H14N2O2. The van der Waals surface area contributed by atoms with Gasteiger partial charge in [0.2, 0.25) is 0 Å². The lowest BCUT2D eigenvalue weighted by molar-refractivity contribution is 0.137.